The van der Waals surface area contributed by atoms with Gasteiger partial charge in [-0.2, -0.15) is 5.10 Å². The second-order valence-corrected chi connectivity index (χ2v) is 6.02. The van der Waals surface area contributed by atoms with Crippen molar-refractivity contribution < 1.29 is 0 Å². The first kappa shape index (κ1) is 11.6. The van der Waals surface area contributed by atoms with Gasteiger partial charge in [0.05, 0.1) is 0 Å². The van der Waals surface area contributed by atoms with Crippen LogP contribution in [0.3, 0.4) is 0 Å². The lowest BCUT2D eigenvalue weighted by Crippen LogP contribution is -2.26. The third-order valence-electron chi connectivity index (χ3n) is 3.87. The van der Waals surface area contributed by atoms with Crippen LogP contribution in [0.5, 0.6) is 0 Å². The molecule has 1 N–H and O–H groups in total. The summed E-state index contributed by atoms with van der Waals surface area (Å²) in [6, 6.07) is 0. The Morgan fingerprint density at radius 3 is 2.62 bits per heavy atom. The van der Waals surface area contributed by atoms with Gasteiger partial charge in [-0.1, -0.05) is 40.5 Å². The van der Waals surface area contributed by atoms with E-state index < -0.39 is 0 Å². The van der Waals surface area contributed by atoms with E-state index in [4.69, 9.17) is 0 Å². The van der Waals surface area contributed by atoms with Crippen molar-refractivity contribution in [3.05, 3.63) is 11.6 Å². The Morgan fingerprint density at radius 2 is 2.06 bits per heavy atom. The first-order valence-electron chi connectivity index (χ1n) is 6.43. The van der Waals surface area contributed by atoms with Crippen molar-refractivity contribution in [2.24, 2.45) is 5.41 Å². The van der Waals surface area contributed by atoms with Gasteiger partial charge in [-0.25, -0.2) is 4.98 Å². The van der Waals surface area contributed by atoms with Crippen LogP contribution < -0.4 is 0 Å². The molecule has 1 aromatic rings. The number of hydrogen-bond acceptors (Lipinski definition) is 2. The number of nitrogens with one attached hydrogen (secondary N) is 1. The smallest absolute Gasteiger partial charge is 0.153 e. The highest BCUT2D eigenvalue weighted by Crippen LogP contribution is 2.45. The molecule has 1 aliphatic carbocycles. The van der Waals surface area contributed by atoms with Crippen LogP contribution in [0.4, 0.5) is 0 Å². The van der Waals surface area contributed by atoms with Gasteiger partial charge in [0.1, 0.15) is 5.82 Å². The molecule has 1 saturated carbocycles. The molecule has 0 radical (unpaired) electrons. The van der Waals surface area contributed by atoms with Gasteiger partial charge < -0.3 is 0 Å². The first-order valence-corrected chi connectivity index (χ1v) is 6.43. The van der Waals surface area contributed by atoms with Crippen LogP contribution in [-0.2, 0) is 0 Å². The Bertz CT molecular complexity index is 352. The molecule has 90 valence electrons. The second kappa shape index (κ2) is 4.19. The largest absolute Gasteiger partial charge is 0.263 e. The highest BCUT2D eigenvalue weighted by molar-refractivity contribution is 5.06. The maximum absolute atomic E-state index is 4.66. The molecular weight excluding hydrogens is 198 g/mol. The molecule has 0 amide bonds. The maximum atomic E-state index is 4.66. The van der Waals surface area contributed by atoms with Crippen molar-refractivity contribution in [3.8, 4) is 0 Å². The summed E-state index contributed by atoms with van der Waals surface area (Å²) in [6.45, 7) is 8.99. The molecule has 1 unspecified atom stereocenters. The maximum Gasteiger partial charge on any atom is 0.153 e. The van der Waals surface area contributed by atoms with Crippen LogP contribution >= 0.6 is 0 Å². The standard InChI is InChI=1S/C13H23N3/c1-9(2)11-14-12(16-15-11)10-7-5-6-8-13(10,3)4/h9-10H,5-8H2,1-4H3,(H,14,15,16). The van der Waals surface area contributed by atoms with Crippen molar-refractivity contribution in [2.75, 3.05) is 0 Å². The van der Waals surface area contributed by atoms with Crippen LogP contribution in [0.2, 0.25) is 0 Å². The summed E-state index contributed by atoms with van der Waals surface area (Å²) >= 11 is 0. The predicted molar refractivity (Wildman–Crippen MR) is 65.5 cm³/mol. The zero-order valence-corrected chi connectivity index (χ0v) is 10.9. The van der Waals surface area contributed by atoms with E-state index in [1.807, 2.05) is 0 Å². The highest BCUT2D eigenvalue weighted by atomic mass is 15.2. The van der Waals surface area contributed by atoms with Crippen molar-refractivity contribution in [3.63, 3.8) is 0 Å². The van der Waals surface area contributed by atoms with E-state index in [9.17, 15) is 0 Å². The Hall–Kier alpha value is -0.860. The Balaban J connectivity index is 2.21. The average molecular weight is 221 g/mol. The fraction of sp³-hybridized carbons (Fsp3) is 0.846. The monoisotopic (exact) mass is 221 g/mol. The van der Waals surface area contributed by atoms with Gasteiger partial charge >= 0.3 is 0 Å². The molecule has 16 heavy (non-hydrogen) atoms. The molecule has 0 spiro atoms. The van der Waals surface area contributed by atoms with E-state index in [1.165, 1.54) is 25.7 Å². The minimum Gasteiger partial charge on any atom is -0.263 e. The van der Waals surface area contributed by atoms with E-state index in [2.05, 4.69) is 42.9 Å². The summed E-state index contributed by atoms with van der Waals surface area (Å²) in [5.74, 6) is 3.03. The minimum absolute atomic E-state index is 0.367. The van der Waals surface area contributed by atoms with E-state index in [-0.39, 0.29) is 0 Å². The molecular formula is C13H23N3. The summed E-state index contributed by atoms with van der Waals surface area (Å²) < 4.78 is 0. The Morgan fingerprint density at radius 1 is 1.31 bits per heavy atom. The van der Waals surface area contributed by atoms with Crippen LogP contribution in [0.15, 0.2) is 0 Å². The molecule has 2 rings (SSSR count). The van der Waals surface area contributed by atoms with Crippen molar-refractivity contribution in [1.29, 1.82) is 0 Å². The fourth-order valence-electron chi connectivity index (χ4n) is 2.70. The van der Waals surface area contributed by atoms with Crippen LogP contribution in [0, 0.1) is 5.41 Å². The predicted octanol–water partition coefficient (Wildman–Crippen LogP) is 3.61. The number of aromatic nitrogens is 3. The molecule has 1 heterocycles. The summed E-state index contributed by atoms with van der Waals surface area (Å²) in [5.41, 5.74) is 0.367. The van der Waals surface area contributed by atoms with Crippen molar-refractivity contribution >= 4 is 0 Å². The summed E-state index contributed by atoms with van der Waals surface area (Å²) in [6.07, 6.45) is 5.23. The van der Waals surface area contributed by atoms with Crippen molar-refractivity contribution in [2.45, 2.75) is 65.2 Å². The summed E-state index contributed by atoms with van der Waals surface area (Å²) in [5, 5.41) is 7.47. The third kappa shape index (κ3) is 2.13. The van der Waals surface area contributed by atoms with Gasteiger partial charge in [0.2, 0.25) is 0 Å². The molecule has 0 aliphatic heterocycles. The molecule has 1 atom stereocenters. The molecule has 0 aromatic carbocycles. The van der Waals surface area contributed by atoms with Gasteiger partial charge in [0, 0.05) is 11.8 Å². The number of nitrogens with zero attached hydrogens (tertiary/aromatic N) is 2. The van der Waals surface area contributed by atoms with Crippen LogP contribution in [0.1, 0.15) is 76.9 Å². The van der Waals surface area contributed by atoms with Crippen molar-refractivity contribution in [1.82, 2.24) is 15.2 Å². The van der Waals surface area contributed by atoms with Gasteiger partial charge in [-0.15, -0.1) is 0 Å². The molecule has 1 fully saturated rings. The second-order valence-electron chi connectivity index (χ2n) is 6.02. The highest BCUT2D eigenvalue weighted by Gasteiger charge is 2.35. The lowest BCUT2D eigenvalue weighted by atomic mass is 9.68. The lowest BCUT2D eigenvalue weighted by molar-refractivity contribution is 0.192. The zero-order valence-electron chi connectivity index (χ0n) is 10.9. The van der Waals surface area contributed by atoms with Gasteiger partial charge in [0.25, 0.3) is 0 Å². The van der Waals surface area contributed by atoms with E-state index in [0.717, 1.165) is 11.6 Å². The Kier molecular flexibility index (Phi) is 3.04. The number of H-pyrrole nitrogens is 1. The Labute approximate surface area is 98.1 Å². The van der Waals surface area contributed by atoms with Crippen LogP contribution in [-0.4, -0.2) is 15.2 Å². The van der Waals surface area contributed by atoms with E-state index in [1.54, 1.807) is 0 Å². The van der Waals surface area contributed by atoms with Gasteiger partial charge in [-0.3, -0.25) is 5.10 Å². The normalized spacial score (nSPS) is 24.9. The average Bonchev–Trinajstić information content (AvgIpc) is 2.65. The molecule has 1 aliphatic rings. The van der Waals surface area contributed by atoms with Crippen LogP contribution in [0.25, 0.3) is 0 Å². The van der Waals surface area contributed by atoms with E-state index in [0.29, 0.717) is 17.3 Å². The molecule has 0 saturated heterocycles. The van der Waals surface area contributed by atoms with Gasteiger partial charge in [0.15, 0.2) is 5.82 Å². The number of aromatic amines is 1. The third-order valence-corrected chi connectivity index (χ3v) is 3.87. The quantitative estimate of drug-likeness (QED) is 0.828. The number of rotatable bonds is 2. The SMILES string of the molecule is CC(C)c1n[nH]c(C2CCCCC2(C)C)n1. The fourth-order valence-corrected chi connectivity index (χ4v) is 2.70. The van der Waals surface area contributed by atoms with Gasteiger partial charge in [-0.05, 0) is 18.3 Å². The first-order chi connectivity index (χ1) is 7.50. The van der Waals surface area contributed by atoms with E-state index >= 15 is 0 Å². The number of hydrogen-bond donors (Lipinski definition) is 1. The molecule has 0 bridgehead atoms. The molecule has 1 aromatic heterocycles. The lowest BCUT2D eigenvalue weighted by Gasteiger charge is -2.37. The summed E-state index contributed by atoms with van der Waals surface area (Å²) in [7, 11) is 0. The summed E-state index contributed by atoms with van der Waals surface area (Å²) in [4.78, 5) is 4.66. The molecule has 3 heteroatoms. The minimum atomic E-state index is 0.367. The topological polar surface area (TPSA) is 41.6 Å². The zero-order chi connectivity index (χ0) is 11.8. The molecule has 3 nitrogen and oxygen atoms in total.